The van der Waals surface area contributed by atoms with E-state index >= 15 is 0 Å². The number of hydrogen-bond acceptors (Lipinski definition) is 3. The minimum atomic E-state index is 0.299. The molecule has 1 aromatic heterocycles. The number of likely N-dealkylation sites (N-methyl/N-ethyl adjacent to an activating group) is 1. The highest BCUT2D eigenvalue weighted by Gasteiger charge is 2.38. The number of nitrogens with one attached hydrogen (secondary N) is 1. The molecule has 106 valence electrons. The lowest BCUT2D eigenvalue weighted by atomic mass is 9.75. The van der Waals surface area contributed by atoms with Crippen LogP contribution in [0.5, 0.6) is 0 Å². The van der Waals surface area contributed by atoms with Gasteiger partial charge in [-0.3, -0.25) is 4.57 Å². The fourth-order valence-corrected chi connectivity index (χ4v) is 2.84. The second kappa shape index (κ2) is 5.29. The maximum Gasteiger partial charge on any atom is 0.207 e. The number of hydrogen-bond donors (Lipinski definition) is 1. The molecule has 0 amide bonds. The second-order valence-electron chi connectivity index (χ2n) is 5.78. The van der Waals surface area contributed by atoms with E-state index in [4.69, 9.17) is 0 Å². The summed E-state index contributed by atoms with van der Waals surface area (Å²) in [5.74, 6) is 0.921. The number of imidazole rings is 1. The Morgan fingerprint density at radius 1 is 1.25 bits per heavy atom. The summed E-state index contributed by atoms with van der Waals surface area (Å²) in [6, 6.07) is 10.3. The van der Waals surface area contributed by atoms with Gasteiger partial charge in [0.1, 0.15) is 0 Å². The Hall–Kier alpha value is -1.81. The smallest absolute Gasteiger partial charge is 0.207 e. The summed E-state index contributed by atoms with van der Waals surface area (Å²) in [5, 5.41) is 3.53. The van der Waals surface area contributed by atoms with E-state index in [1.54, 1.807) is 0 Å². The summed E-state index contributed by atoms with van der Waals surface area (Å²) in [7, 11) is 4.34. The molecule has 0 radical (unpaired) electrons. The van der Waals surface area contributed by atoms with Crippen LogP contribution in [0.2, 0.25) is 0 Å². The predicted molar refractivity (Wildman–Crippen MR) is 82.3 cm³/mol. The number of anilines is 1. The fraction of sp³-hybridized carbons (Fsp3) is 0.438. The third kappa shape index (κ3) is 2.31. The molecule has 1 saturated carbocycles. The standard InChI is InChI=1S/C16H22N4/c1-19(2)16(9-6-10-16)13-18-15-17-11-12-20(15)14-7-4-3-5-8-14/h3-5,7-8,11-12H,6,9-10,13H2,1-2H3,(H,17,18). The molecule has 3 rings (SSSR count). The molecular formula is C16H22N4. The average Bonchev–Trinajstić information content (AvgIpc) is 2.86. The van der Waals surface area contributed by atoms with E-state index in [0.29, 0.717) is 5.54 Å². The summed E-state index contributed by atoms with van der Waals surface area (Å²) >= 11 is 0. The van der Waals surface area contributed by atoms with Gasteiger partial charge in [0.25, 0.3) is 0 Å². The number of aromatic nitrogens is 2. The Labute approximate surface area is 120 Å². The van der Waals surface area contributed by atoms with Crippen LogP contribution in [0.1, 0.15) is 19.3 Å². The minimum absolute atomic E-state index is 0.299. The summed E-state index contributed by atoms with van der Waals surface area (Å²) in [6.07, 6.45) is 7.70. The molecule has 4 nitrogen and oxygen atoms in total. The molecule has 1 aliphatic carbocycles. The van der Waals surface area contributed by atoms with Gasteiger partial charge in [-0.15, -0.1) is 0 Å². The Balaban J connectivity index is 1.75. The fourth-order valence-electron chi connectivity index (χ4n) is 2.84. The monoisotopic (exact) mass is 270 g/mol. The molecule has 1 aromatic carbocycles. The molecule has 1 aliphatic rings. The van der Waals surface area contributed by atoms with E-state index in [0.717, 1.165) is 18.2 Å². The lowest BCUT2D eigenvalue weighted by molar-refractivity contribution is 0.0737. The molecule has 0 aliphatic heterocycles. The van der Waals surface area contributed by atoms with Crippen molar-refractivity contribution in [3.8, 4) is 5.69 Å². The molecule has 1 N–H and O–H groups in total. The van der Waals surface area contributed by atoms with Gasteiger partial charge in [-0.25, -0.2) is 4.98 Å². The highest BCUT2D eigenvalue weighted by atomic mass is 15.2. The van der Waals surface area contributed by atoms with Gasteiger partial charge in [0.2, 0.25) is 5.95 Å². The minimum Gasteiger partial charge on any atom is -0.353 e. The molecular weight excluding hydrogens is 248 g/mol. The Bertz CT molecular complexity index is 555. The number of rotatable bonds is 5. The third-order valence-electron chi connectivity index (χ3n) is 4.48. The lowest BCUT2D eigenvalue weighted by Gasteiger charge is -2.47. The normalized spacial score (nSPS) is 16.9. The summed E-state index contributed by atoms with van der Waals surface area (Å²) in [6.45, 7) is 0.948. The zero-order chi connectivity index (χ0) is 14.0. The quantitative estimate of drug-likeness (QED) is 0.907. The number of benzene rings is 1. The van der Waals surface area contributed by atoms with E-state index in [2.05, 4.69) is 46.0 Å². The first-order chi connectivity index (χ1) is 9.71. The van der Waals surface area contributed by atoms with Gasteiger partial charge in [0, 0.05) is 30.2 Å². The van der Waals surface area contributed by atoms with Crippen molar-refractivity contribution >= 4 is 5.95 Å². The largest absolute Gasteiger partial charge is 0.353 e. The molecule has 0 atom stereocenters. The first-order valence-corrected chi connectivity index (χ1v) is 7.21. The SMILES string of the molecule is CN(C)C1(CNc2nccn2-c2ccccc2)CCC1. The van der Waals surface area contributed by atoms with Crippen molar-refractivity contribution < 1.29 is 0 Å². The maximum absolute atomic E-state index is 4.45. The van der Waals surface area contributed by atoms with Gasteiger partial charge in [0.05, 0.1) is 0 Å². The highest BCUT2D eigenvalue weighted by molar-refractivity contribution is 5.41. The molecule has 20 heavy (non-hydrogen) atoms. The second-order valence-corrected chi connectivity index (χ2v) is 5.78. The van der Waals surface area contributed by atoms with Crippen LogP contribution in [-0.4, -0.2) is 40.6 Å². The van der Waals surface area contributed by atoms with Gasteiger partial charge in [-0.2, -0.15) is 0 Å². The van der Waals surface area contributed by atoms with Crippen molar-refractivity contribution in [2.45, 2.75) is 24.8 Å². The summed E-state index contributed by atoms with van der Waals surface area (Å²) in [5.41, 5.74) is 1.44. The van der Waals surface area contributed by atoms with E-state index in [-0.39, 0.29) is 0 Å². The number of nitrogens with zero attached hydrogens (tertiary/aromatic N) is 3. The van der Waals surface area contributed by atoms with Crippen LogP contribution in [0, 0.1) is 0 Å². The molecule has 4 heteroatoms. The zero-order valence-electron chi connectivity index (χ0n) is 12.2. The summed E-state index contributed by atoms with van der Waals surface area (Å²) < 4.78 is 2.10. The van der Waals surface area contributed by atoms with Crippen LogP contribution >= 0.6 is 0 Å². The lowest BCUT2D eigenvalue weighted by Crippen LogP contribution is -2.54. The van der Waals surface area contributed by atoms with Gasteiger partial charge >= 0.3 is 0 Å². The van der Waals surface area contributed by atoms with Crippen LogP contribution < -0.4 is 5.32 Å². The van der Waals surface area contributed by atoms with E-state index in [1.165, 1.54) is 19.3 Å². The molecule has 2 aromatic rings. The first-order valence-electron chi connectivity index (χ1n) is 7.21. The van der Waals surface area contributed by atoms with Crippen molar-refractivity contribution in [1.82, 2.24) is 14.5 Å². The van der Waals surface area contributed by atoms with Crippen LogP contribution in [0.3, 0.4) is 0 Å². The molecule has 1 fully saturated rings. The molecule has 0 unspecified atom stereocenters. The van der Waals surface area contributed by atoms with Crippen LogP contribution in [0.4, 0.5) is 5.95 Å². The third-order valence-corrected chi connectivity index (χ3v) is 4.48. The molecule has 1 heterocycles. The molecule has 0 spiro atoms. The Kier molecular flexibility index (Phi) is 3.49. The van der Waals surface area contributed by atoms with Gasteiger partial charge < -0.3 is 10.2 Å². The van der Waals surface area contributed by atoms with Crippen LogP contribution in [-0.2, 0) is 0 Å². The Morgan fingerprint density at radius 3 is 2.60 bits per heavy atom. The Morgan fingerprint density at radius 2 is 2.00 bits per heavy atom. The van der Waals surface area contributed by atoms with Gasteiger partial charge in [-0.05, 0) is 45.5 Å². The van der Waals surface area contributed by atoms with Crippen molar-refractivity contribution in [1.29, 1.82) is 0 Å². The van der Waals surface area contributed by atoms with E-state index < -0.39 is 0 Å². The maximum atomic E-state index is 4.45. The predicted octanol–water partition coefficient (Wildman–Crippen LogP) is 2.77. The van der Waals surface area contributed by atoms with Crippen molar-refractivity contribution in [2.24, 2.45) is 0 Å². The first kappa shape index (κ1) is 13.2. The van der Waals surface area contributed by atoms with Crippen molar-refractivity contribution in [3.63, 3.8) is 0 Å². The highest BCUT2D eigenvalue weighted by Crippen LogP contribution is 2.36. The average molecular weight is 270 g/mol. The van der Waals surface area contributed by atoms with Crippen LogP contribution in [0.25, 0.3) is 5.69 Å². The van der Waals surface area contributed by atoms with Crippen molar-refractivity contribution in [2.75, 3.05) is 26.0 Å². The van der Waals surface area contributed by atoms with Gasteiger partial charge in [0.15, 0.2) is 0 Å². The number of para-hydroxylation sites is 1. The molecule has 0 bridgehead atoms. The van der Waals surface area contributed by atoms with E-state index in [9.17, 15) is 0 Å². The van der Waals surface area contributed by atoms with Crippen LogP contribution in [0.15, 0.2) is 42.7 Å². The zero-order valence-corrected chi connectivity index (χ0v) is 12.2. The topological polar surface area (TPSA) is 33.1 Å². The molecule has 0 saturated heterocycles. The van der Waals surface area contributed by atoms with Crippen molar-refractivity contribution in [3.05, 3.63) is 42.7 Å². The summed E-state index contributed by atoms with van der Waals surface area (Å²) in [4.78, 5) is 6.79. The van der Waals surface area contributed by atoms with Gasteiger partial charge in [-0.1, -0.05) is 18.2 Å². The van der Waals surface area contributed by atoms with E-state index in [1.807, 2.05) is 30.6 Å².